The van der Waals surface area contributed by atoms with Crippen molar-refractivity contribution in [2.45, 2.75) is 24.5 Å². The van der Waals surface area contributed by atoms with Crippen LogP contribution in [0.3, 0.4) is 0 Å². The molecule has 9 heteroatoms. The summed E-state index contributed by atoms with van der Waals surface area (Å²) in [6, 6.07) is 3.08. The summed E-state index contributed by atoms with van der Waals surface area (Å²) in [7, 11) is -4.54. The third-order valence-corrected chi connectivity index (χ3v) is 4.51. The van der Waals surface area contributed by atoms with Gasteiger partial charge in [-0.25, -0.2) is 12.8 Å². The number of benzene rings is 1. The lowest BCUT2D eigenvalue weighted by Gasteiger charge is -2.22. The van der Waals surface area contributed by atoms with E-state index in [0.29, 0.717) is 5.56 Å². The molecule has 1 aromatic rings. The van der Waals surface area contributed by atoms with Crippen LogP contribution in [0, 0.1) is 5.82 Å². The topological polar surface area (TPSA) is 63.4 Å². The van der Waals surface area contributed by atoms with Crippen molar-refractivity contribution in [3.63, 3.8) is 0 Å². The molecule has 0 fully saturated rings. The van der Waals surface area contributed by atoms with Gasteiger partial charge in [-0.15, -0.1) is 0 Å². The van der Waals surface area contributed by atoms with Crippen LogP contribution in [-0.4, -0.2) is 32.0 Å². The zero-order chi connectivity index (χ0) is 15.6. The Morgan fingerprint density at radius 3 is 2.30 bits per heavy atom. The van der Waals surface area contributed by atoms with Gasteiger partial charge < -0.3 is 5.73 Å². The Labute approximate surface area is 114 Å². The van der Waals surface area contributed by atoms with E-state index >= 15 is 0 Å². The molecular formula is C11H14F4N2O2S. The van der Waals surface area contributed by atoms with Crippen molar-refractivity contribution in [1.82, 2.24) is 4.31 Å². The van der Waals surface area contributed by atoms with E-state index in [0.717, 1.165) is 12.1 Å². The largest absolute Gasteiger partial charge is 0.402 e. The minimum Gasteiger partial charge on any atom is -0.326 e. The third-order valence-electron chi connectivity index (χ3n) is 2.56. The van der Waals surface area contributed by atoms with E-state index < -0.39 is 40.0 Å². The minimum atomic E-state index is -4.70. The van der Waals surface area contributed by atoms with Crippen molar-refractivity contribution < 1.29 is 26.0 Å². The quantitative estimate of drug-likeness (QED) is 0.844. The molecule has 1 aromatic carbocycles. The van der Waals surface area contributed by atoms with Gasteiger partial charge in [-0.3, -0.25) is 0 Å². The molecule has 0 heterocycles. The number of sulfonamides is 1. The molecular weight excluding hydrogens is 300 g/mol. The highest BCUT2D eigenvalue weighted by molar-refractivity contribution is 7.89. The fraction of sp³-hybridized carbons (Fsp3) is 0.455. The van der Waals surface area contributed by atoms with Gasteiger partial charge in [0.1, 0.15) is 17.3 Å². The molecule has 0 amide bonds. The Balaban J connectivity index is 3.21. The average Bonchev–Trinajstić information content (AvgIpc) is 2.34. The summed E-state index contributed by atoms with van der Waals surface area (Å²) in [5.41, 5.74) is 5.62. The molecule has 0 aromatic heterocycles. The number of rotatable bonds is 5. The van der Waals surface area contributed by atoms with E-state index in [2.05, 4.69) is 0 Å². The molecule has 0 unspecified atom stereocenters. The summed E-state index contributed by atoms with van der Waals surface area (Å²) in [4.78, 5) is -0.791. The summed E-state index contributed by atoms with van der Waals surface area (Å²) in [6.07, 6.45) is -4.70. The van der Waals surface area contributed by atoms with Gasteiger partial charge in [-0.2, -0.15) is 17.5 Å². The van der Waals surface area contributed by atoms with Crippen molar-refractivity contribution >= 4 is 10.0 Å². The molecule has 4 nitrogen and oxygen atoms in total. The number of nitrogens with zero attached hydrogens (tertiary/aromatic N) is 1. The summed E-state index contributed by atoms with van der Waals surface area (Å²) in [5, 5.41) is 0. The zero-order valence-corrected chi connectivity index (χ0v) is 11.4. The van der Waals surface area contributed by atoms with E-state index in [1.165, 1.54) is 13.0 Å². The maximum Gasteiger partial charge on any atom is 0.402 e. The van der Waals surface area contributed by atoms with E-state index in [4.69, 9.17) is 5.73 Å². The Morgan fingerprint density at radius 1 is 1.30 bits per heavy atom. The summed E-state index contributed by atoms with van der Waals surface area (Å²) < 4.78 is 75.0. The fourth-order valence-electron chi connectivity index (χ4n) is 1.59. The maximum atomic E-state index is 13.7. The number of halogens is 4. The number of hydrogen-bond donors (Lipinski definition) is 1. The van der Waals surface area contributed by atoms with Gasteiger partial charge in [0.05, 0.1) is 0 Å². The van der Waals surface area contributed by atoms with Gasteiger partial charge in [0.15, 0.2) is 0 Å². The minimum absolute atomic E-state index is 0.00269. The van der Waals surface area contributed by atoms with E-state index in [1.807, 2.05) is 0 Å². The summed E-state index contributed by atoms with van der Waals surface area (Å²) >= 11 is 0. The molecule has 0 aliphatic carbocycles. The molecule has 0 atom stereocenters. The van der Waals surface area contributed by atoms with Gasteiger partial charge in [0.25, 0.3) is 0 Å². The second-order valence-electron chi connectivity index (χ2n) is 4.02. The molecule has 0 aliphatic rings. The van der Waals surface area contributed by atoms with Crippen molar-refractivity contribution in [3.8, 4) is 0 Å². The lowest BCUT2D eigenvalue weighted by Crippen LogP contribution is -2.39. The first-order chi connectivity index (χ1) is 9.11. The molecule has 0 radical (unpaired) electrons. The normalized spacial score (nSPS) is 12.9. The lowest BCUT2D eigenvalue weighted by molar-refractivity contribution is -0.135. The Morgan fingerprint density at radius 2 is 1.90 bits per heavy atom. The van der Waals surface area contributed by atoms with Crippen LogP contribution < -0.4 is 5.73 Å². The molecule has 0 saturated carbocycles. The highest BCUT2D eigenvalue weighted by atomic mass is 32.2. The van der Waals surface area contributed by atoms with Gasteiger partial charge in [-0.05, 0) is 17.7 Å². The Kier molecular flexibility index (Phi) is 5.11. The molecule has 2 N–H and O–H groups in total. The Bertz CT molecular complexity index is 572. The van der Waals surface area contributed by atoms with E-state index in [-0.39, 0.29) is 10.8 Å². The highest BCUT2D eigenvalue weighted by Gasteiger charge is 2.37. The molecule has 0 aliphatic heterocycles. The Hall–Kier alpha value is -1.19. The molecule has 0 bridgehead atoms. The predicted octanol–water partition coefficient (Wildman–Crippen LogP) is 1.86. The van der Waals surface area contributed by atoms with Crippen LogP contribution in [-0.2, 0) is 16.6 Å². The van der Waals surface area contributed by atoms with Crippen LogP contribution in [0.5, 0.6) is 0 Å². The van der Waals surface area contributed by atoms with E-state index in [1.54, 1.807) is 0 Å². The van der Waals surface area contributed by atoms with Crippen molar-refractivity contribution in [2.75, 3.05) is 13.1 Å². The van der Waals surface area contributed by atoms with E-state index in [9.17, 15) is 26.0 Å². The van der Waals surface area contributed by atoms with Crippen LogP contribution in [0.2, 0.25) is 0 Å². The van der Waals surface area contributed by atoms with Crippen LogP contribution >= 0.6 is 0 Å². The fourth-order valence-corrected chi connectivity index (χ4v) is 3.07. The summed E-state index contributed by atoms with van der Waals surface area (Å²) in [5.74, 6) is -1.12. The first kappa shape index (κ1) is 16.9. The second-order valence-corrected chi connectivity index (χ2v) is 5.92. The van der Waals surface area contributed by atoms with Gasteiger partial charge >= 0.3 is 6.18 Å². The first-order valence-corrected chi connectivity index (χ1v) is 7.11. The first-order valence-electron chi connectivity index (χ1n) is 5.67. The SMILES string of the molecule is CCN(CC(F)(F)F)S(=O)(=O)c1ccc(CN)cc1F. The van der Waals surface area contributed by atoms with Gasteiger partial charge in [0, 0.05) is 13.1 Å². The third kappa shape index (κ3) is 3.90. The molecule has 20 heavy (non-hydrogen) atoms. The lowest BCUT2D eigenvalue weighted by atomic mass is 10.2. The second kappa shape index (κ2) is 6.06. The number of nitrogens with two attached hydrogens (primary N) is 1. The van der Waals surface area contributed by atoms with Crippen LogP contribution in [0.15, 0.2) is 23.1 Å². The van der Waals surface area contributed by atoms with Gasteiger partial charge in [0.2, 0.25) is 10.0 Å². The zero-order valence-electron chi connectivity index (χ0n) is 10.6. The highest BCUT2D eigenvalue weighted by Crippen LogP contribution is 2.24. The van der Waals surface area contributed by atoms with Crippen molar-refractivity contribution in [2.24, 2.45) is 5.73 Å². The van der Waals surface area contributed by atoms with Crippen molar-refractivity contribution in [1.29, 1.82) is 0 Å². The molecule has 0 saturated heterocycles. The number of hydrogen-bond acceptors (Lipinski definition) is 3. The predicted molar refractivity (Wildman–Crippen MR) is 64.8 cm³/mol. The standard InChI is InChI=1S/C11H14F4N2O2S/c1-2-17(7-11(13,14)15)20(18,19)10-4-3-8(6-16)5-9(10)12/h3-5H,2,6-7,16H2,1H3. The number of alkyl halides is 3. The average molecular weight is 314 g/mol. The van der Waals surface area contributed by atoms with Crippen LogP contribution in [0.1, 0.15) is 12.5 Å². The monoisotopic (exact) mass is 314 g/mol. The molecule has 0 spiro atoms. The molecule has 114 valence electrons. The van der Waals surface area contributed by atoms with Crippen LogP contribution in [0.25, 0.3) is 0 Å². The maximum absolute atomic E-state index is 13.7. The molecule has 1 rings (SSSR count). The van der Waals surface area contributed by atoms with Crippen LogP contribution in [0.4, 0.5) is 17.6 Å². The van der Waals surface area contributed by atoms with Crippen molar-refractivity contribution in [3.05, 3.63) is 29.6 Å². The summed E-state index contributed by atoms with van der Waals surface area (Å²) in [6.45, 7) is -0.837. The van der Waals surface area contributed by atoms with Gasteiger partial charge in [-0.1, -0.05) is 13.0 Å². The smallest absolute Gasteiger partial charge is 0.326 e.